The molecule has 494 valence electrons. The van der Waals surface area contributed by atoms with Gasteiger partial charge in [-0.2, -0.15) is 70.2 Å². The maximum Gasteiger partial charge on any atom is 0.603 e. The second kappa shape index (κ2) is 31.8. The number of alkyl halides is 15. The highest BCUT2D eigenvalue weighted by atomic mass is 32.5. The SMILES string of the molecule is CNc1cc[n+](P([n+]2ccc(N(C)C)cc2)P([n+]2ccc(N(C)C)cc2)P([n+]2ccc(N(C)C)cc2)[n+]2ccc(N(C)C)cc2)cc1.O=S(=O)([O-])C(F)(F)F.O=S(=O)([O-])C(F)(F)F.O=S(=O)([O-])C(F)(F)F.O=S(=O)([O-])C(F)(F)F.O=S(=O)([O-])C(F)(F)F. The fourth-order valence-corrected chi connectivity index (χ4v) is 19.0. The molecule has 0 aromatic carbocycles. The molecule has 87 heavy (non-hydrogen) atoms. The molecule has 0 spiro atoms. The molecule has 0 saturated carbocycles. The highest BCUT2D eigenvalue weighted by molar-refractivity contribution is 8.52. The molecule has 0 radical (unpaired) electrons. The van der Waals surface area contributed by atoms with Crippen molar-refractivity contribution in [2.24, 2.45) is 0 Å². The molecule has 48 heteroatoms. The van der Waals surface area contributed by atoms with Crippen molar-refractivity contribution in [1.29, 1.82) is 0 Å². The smallest absolute Gasteiger partial charge is 0.603 e. The molecule has 25 nitrogen and oxygen atoms in total. The zero-order valence-corrected chi connectivity index (χ0v) is 52.0. The van der Waals surface area contributed by atoms with Gasteiger partial charge in [-0.25, -0.2) is 42.1 Å². The van der Waals surface area contributed by atoms with E-state index in [4.69, 9.17) is 64.9 Å². The topological polar surface area (TPSA) is 330 Å². The third-order valence-electron chi connectivity index (χ3n) is 9.12. The first kappa shape index (κ1) is 81.5. The number of pyridine rings is 5. The first-order valence-corrected chi connectivity index (χ1v) is 34.0. The van der Waals surface area contributed by atoms with Crippen LogP contribution in [0.1, 0.15) is 0 Å². The Morgan fingerprint density at radius 2 is 0.460 bits per heavy atom. The van der Waals surface area contributed by atoms with Crippen LogP contribution in [0, 0.1) is 0 Å². The first-order valence-electron chi connectivity index (χ1n) is 21.8. The quantitative estimate of drug-likeness (QED) is 0.0773. The number of halogens is 15. The van der Waals surface area contributed by atoms with Crippen LogP contribution in [0.2, 0.25) is 0 Å². The summed E-state index contributed by atoms with van der Waals surface area (Å²) in [5.74, 6) is 0. The zero-order chi connectivity index (χ0) is 68.7. The van der Waals surface area contributed by atoms with Crippen molar-refractivity contribution in [3.63, 3.8) is 0 Å². The Bertz CT molecular complexity index is 3260. The van der Waals surface area contributed by atoms with Gasteiger partial charge in [0, 0.05) is 153 Å². The van der Waals surface area contributed by atoms with Crippen molar-refractivity contribution in [2.45, 2.75) is 27.5 Å². The van der Waals surface area contributed by atoms with Gasteiger partial charge in [-0.15, -0.1) is 17.4 Å². The van der Waals surface area contributed by atoms with Crippen LogP contribution >= 0.6 is 23.3 Å². The maximum atomic E-state index is 10.7. The minimum Gasteiger partial charge on any atom is -0.741 e. The monoisotopic (exact) mass is 1430 g/mol. The van der Waals surface area contributed by atoms with Crippen molar-refractivity contribution in [3.05, 3.63) is 123 Å². The average molecular weight is 1440 g/mol. The van der Waals surface area contributed by atoms with Crippen molar-refractivity contribution in [3.8, 4) is 0 Å². The summed E-state index contributed by atoms with van der Waals surface area (Å²) in [4.78, 5) is 8.60. The lowest BCUT2D eigenvalue weighted by Crippen LogP contribution is -2.51. The molecule has 1 N–H and O–H groups in total. The molecule has 5 heterocycles. The second-order valence-electron chi connectivity index (χ2n) is 16.3. The highest BCUT2D eigenvalue weighted by Gasteiger charge is 2.70. The third-order valence-corrected chi connectivity index (χ3v) is 24.5. The number of nitrogens with zero attached hydrogens (tertiary/aromatic N) is 9. The second-order valence-corrected chi connectivity index (χ2v) is 32.5. The van der Waals surface area contributed by atoms with E-state index in [1.165, 1.54) is 22.7 Å². The van der Waals surface area contributed by atoms with Gasteiger partial charge in [0.15, 0.2) is 113 Å². The number of hydrogen-bond acceptors (Lipinski definition) is 20. The van der Waals surface area contributed by atoms with Gasteiger partial charge < -0.3 is 47.7 Å². The average Bonchev–Trinajstić information content (AvgIpc) is 0.933. The van der Waals surface area contributed by atoms with E-state index in [1.807, 2.05) is 7.05 Å². The van der Waals surface area contributed by atoms with Crippen LogP contribution in [0.15, 0.2) is 123 Å². The lowest BCUT2D eigenvalue weighted by molar-refractivity contribution is -0.633. The molecule has 0 saturated heterocycles. The van der Waals surface area contributed by atoms with Crippen LogP contribution in [-0.2, 0) is 50.6 Å². The van der Waals surface area contributed by atoms with Gasteiger partial charge in [-0.1, -0.05) is 0 Å². The summed E-state index contributed by atoms with van der Waals surface area (Å²) in [6, 6.07) is 22.1. The minimum absolute atomic E-state index is 0.990. The summed E-state index contributed by atoms with van der Waals surface area (Å²) < 4.78 is 307. The summed E-state index contributed by atoms with van der Waals surface area (Å²) in [5, 5.41) is 3.30. The molecule has 0 aliphatic carbocycles. The van der Waals surface area contributed by atoms with E-state index in [9.17, 15) is 65.9 Å². The standard InChI is InChI=1S/C34H47N10P3.5CHF3O3S/c1-35-30-10-20-40(21-11-30)45(41-22-12-31(13-23-41)36(2)3)47(44-28-18-34(19-29-44)39(8)9)46(42-24-14-32(15-25-42)37(4)5)43-26-16-33(17-27-43)38(6)7;5*2-1(3,4)8(5,6)7/h10-29H,1-9H3;5*(H,5,6,7)/q+4;;;;;/p-4. The lowest BCUT2D eigenvalue weighted by atomic mass is 10.4. The highest BCUT2D eigenvalue weighted by Crippen LogP contribution is 2.75. The number of nitrogens with one attached hydrogen (secondary N) is 1. The van der Waals surface area contributed by atoms with Crippen molar-refractivity contribution in [1.82, 2.24) is 0 Å². The maximum absolute atomic E-state index is 10.7. The minimum atomic E-state index is -6.09. The summed E-state index contributed by atoms with van der Waals surface area (Å²) in [7, 11) is -14.8. The molecule has 5 aromatic rings. The van der Waals surface area contributed by atoms with Gasteiger partial charge in [0.2, 0.25) is 0 Å². The summed E-state index contributed by atoms with van der Waals surface area (Å²) in [5.41, 5.74) is -22.5. The Morgan fingerprint density at radius 3 is 0.586 bits per heavy atom. The van der Waals surface area contributed by atoms with Crippen molar-refractivity contribution < 1.29 is 152 Å². The van der Waals surface area contributed by atoms with E-state index in [0.717, 1.165) is 5.69 Å². The van der Waals surface area contributed by atoms with E-state index in [2.05, 4.69) is 226 Å². The Balaban J connectivity index is 0.00000148. The van der Waals surface area contributed by atoms with Crippen LogP contribution in [0.25, 0.3) is 0 Å². The number of rotatable bonds is 12. The van der Waals surface area contributed by atoms with Gasteiger partial charge in [0.1, 0.15) is 0 Å². The fraction of sp³-hybridized carbons (Fsp3) is 0.359. The van der Waals surface area contributed by atoms with Crippen LogP contribution < -0.4 is 46.6 Å². The van der Waals surface area contributed by atoms with E-state index in [0.29, 0.717) is 0 Å². The molecule has 0 aliphatic heterocycles. The van der Waals surface area contributed by atoms with Gasteiger partial charge in [0.05, 0.1) is 0 Å². The summed E-state index contributed by atoms with van der Waals surface area (Å²) >= 11 is 0. The molecule has 5 aromatic heterocycles. The first-order chi connectivity index (χ1) is 38.8. The third kappa shape index (κ3) is 27.0. The van der Waals surface area contributed by atoms with E-state index < -0.39 is 101 Å². The Morgan fingerprint density at radius 1 is 0.322 bits per heavy atom. The fourth-order valence-electron chi connectivity index (χ4n) is 4.88. The summed E-state index contributed by atoms with van der Waals surface area (Å²) in [6.45, 7) is 0. The molecular weight excluding hydrogens is 1390 g/mol. The van der Waals surface area contributed by atoms with Gasteiger partial charge >= 0.3 is 50.8 Å². The van der Waals surface area contributed by atoms with Crippen LogP contribution in [0.3, 0.4) is 0 Å². The molecule has 0 aliphatic rings. The van der Waals surface area contributed by atoms with Crippen molar-refractivity contribution >= 4 is 102 Å². The Kier molecular flexibility index (Phi) is 29.8. The molecular formula is C39H48F15N10O15P3S5. The largest absolute Gasteiger partial charge is 0.741 e. The van der Waals surface area contributed by atoms with E-state index >= 15 is 0 Å². The van der Waals surface area contributed by atoms with E-state index in [-0.39, 0.29) is 0 Å². The normalized spacial score (nSPS) is 13.1. The van der Waals surface area contributed by atoms with Gasteiger partial charge in [0.25, 0.3) is 0 Å². The van der Waals surface area contributed by atoms with E-state index in [1.54, 1.807) is 0 Å². The predicted octanol–water partition coefficient (Wildman–Crippen LogP) is 4.58. The van der Waals surface area contributed by atoms with Crippen molar-refractivity contribution in [2.75, 3.05) is 88.3 Å². The van der Waals surface area contributed by atoms with Gasteiger partial charge in [-0.3, -0.25) is 0 Å². The molecule has 0 bridgehead atoms. The Hall–Kier alpha value is -5.46. The van der Waals surface area contributed by atoms with Crippen LogP contribution in [0.4, 0.5) is 94.3 Å². The molecule has 0 amide bonds. The zero-order valence-electron chi connectivity index (χ0n) is 45.2. The van der Waals surface area contributed by atoms with Crippen LogP contribution in [0.5, 0.6) is 0 Å². The molecule has 2 unspecified atom stereocenters. The van der Waals surface area contributed by atoms with Crippen LogP contribution in [-0.4, -0.2) is 156 Å². The predicted molar refractivity (Wildman–Crippen MR) is 277 cm³/mol. The molecule has 0 fully saturated rings. The summed E-state index contributed by atoms with van der Waals surface area (Å²) in [6.07, 6.45) is 22.5. The number of aromatic nitrogens is 5. The molecule has 2 atom stereocenters. The molecule has 5 rings (SSSR count). The van der Waals surface area contributed by atoms with Gasteiger partial charge in [-0.05, 0) is 0 Å². The lowest BCUT2D eigenvalue weighted by Gasteiger charge is -2.15. The Labute approximate surface area is 491 Å². The number of hydrogen-bond donors (Lipinski definition) is 1. The number of anilines is 5.